The van der Waals surface area contributed by atoms with Crippen LogP contribution in [0.4, 0.5) is 0 Å². The van der Waals surface area contributed by atoms with Crippen molar-refractivity contribution in [2.75, 3.05) is 0 Å². The lowest BCUT2D eigenvalue weighted by Gasteiger charge is -2.56. The molecule has 0 spiro atoms. The van der Waals surface area contributed by atoms with Gasteiger partial charge in [0.05, 0.1) is 6.10 Å². The number of rotatable bonds is 5. The summed E-state index contributed by atoms with van der Waals surface area (Å²) in [5.41, 5.74) is 0.00466. The van der Waals surface area contributed by atoms with Crippen molar-refractivity contribution in [3.63, 3.8) is 0 Å². The second kappa shape index (κ2) is 5.16. The lowest BCUT2D eigenvalue weighted by Crippen LogP contribution is -2.50. The Hall–Kier alpha value is -0.860. The fourth-order valence-corrected chi connectivity index (χ4v) is 5.39. The van der Waals surface area contributed by atoms with Crippen molar-refractivity contribution < 1.29 is 14.3 Å². The third kappa shape index (κ3) is 2.64. The number of ketones is 1. The average Bonchev–Trinajstić information content (AvgIpc) is 2.33. The molecule has 20 heavy (non-hydrogen) atoms. The number of hydrogen-bond donors (Lipinski definition) is 0. The van der Waals surface area contributed by atoms with Gasteiger partial charge in [-0.15, -0.1) is 0 Å². The van der Waals surface area contributed by atoms with E-state index in [-0.39, 0.29) is 17.5 Å². The van der Waals surface area contributed by atoms with Crippen LogP contribution in [-0.4, -0.2) is 17.9 Å². The second-order valence-electron chi connectivity index (χ2n) is 7.58. The first-order valence-corrected chi connectivity index (χ1v) is 8.17. The molecule has 3 nitrogen and oxygen atoms in total. The lowest BCUT2D eigenvalue weighted by molar-refractivity contribution is -0.149. The molecular formula is C17H26O3. The minimum Gasteiger partial charge on any atom is -0.463 e. The fraction of sp³-hybridized carbons (Fsp3) is 0.882. The van der Waals surface area contributed by atoms with Crippen LogP contribution in [0.3, 0.4) is 0 Å². The first-order valence-electron chi connectivity index (χ1n) is 8.17. The molecule has 4 fully saturated rings. The number of esters is 1. The van der Waals surface area contributed by atoms with Crippen molar-refractivity contribution in [2.24, 2.45) is 23.2 Å². The van der Waals surface area contributed by atoms with E-state index < -0.39 is 0 Å². The van der Waals surface area contributed by atoms with Gasteiger partial charge in [0.1, 0.15) is 5.78 Å². The van der Waals surface area contributed by atoms with Crippen molar-refractivity contribution in [3.8, 4) is 0 Å². The van der Waals surface area contributed by atoms with Crippen molar-refractivity contribution in [3.05, 3.63) is 0 Å². The molecular weight excluding hydrogens is 252 g/mol. The van der Waals surface area contributed by atoms with E-state index in [1.807, 2.05) is 6.92 Å². The normalized spacial score (nSPS) is 39.6. The van der Waals surface area contributed by atoms with Crippen LogP contribution in [0.25, 0.3) is 0 Å². The molecule has 0 radical (unpaired) electrons. The smallest absolute Gasteiger partial charge is 0.302 e. The fourth-order valence-electron chi connectivity index (χ4n) is 5.39. The van der Waals surface area contributed by atoms with Gasteiger partial charge in [0.25, 0.3) is 0 Å². The zero-order valence-corrected chi connectivity index (χ0v) is 12.7. The second-order valence-corrected chi connectivity index (χ2v) is 7.58. The summed E-state index contributed by atoms with van der Waals surface area (Å²) in [5, 5.41) is 0. The van der Waals surface area contributed by atoms with Crippen LogP contribution in [0.5, 0.6) is 0 Å². The minimum atomic E-state index is -0.250. The molecule has 0 saturated heterocycles. The topological polar surface area (TPSA) is 43.4 Å². The maximum Gasteiger partial charge on any atom is 0.302 e. The van der Waals surface area contributed by atoms with Crippen LogP contribution < -0.4 is 0 Å². The molecule has 0 heterocycles. The zero-order valence-electron chi connectivity index (χ0n) is 12.7. The number of carbonyl (C=O) groups is 2. The molecule has 112 valence electrons. The molecule has 0 aromatic carbocycles. The Bertz CT molecular complexity index is 377. The lowest BCUT2D eigenvalue weighted by atomic mass is 9.48. The van der Waals surface area contributed by atoms with E-state index >= 15 is 0 Å². The van der Waals surface area contributed by atoms with Crippen LogP contribution in [0, 0.1) is 23.2 Å². The first kappa shape index (κ1) is 14.1. The third-order valence-electron chi connectivity index (χ3n) is 5.77. The van der Waals surface area contributed by atoms with Gasteiger partial charge in [0.15, 0.2) is 0 Å². The van der Waals surface area contributed by atoms with Crippen LogP contribution in [0.15, 0.2) is 0 Å². The Labute approximate surface area is 121 Å². The highest BCUT2D eigenvalue weighted by atomic mass is 16.5. The number of Topliss-reactive ketones (excluding diaryl/α,β-unsaturated/α-hetero) is 1. The molecule has 0 aromatic heterocycles. The van der Waals surface area contributed by atoms with Crippen molar-refractivity contribution in [2.45, 2.75) is 71.3 Å². The van der Waals surface area contributed by atoms with E-state index in [9.17, 15) is 9.59 Å². The van der Waals surface area contributed by atoms with Gasteiger partial charge < -0.3 is 4.74 Å². The Morgan fingerprint density at radius 2 is 1.60 bits per heavy atom. The molecule has 4 aliphatic carbocycles. The van der Waals surface area contributed by atoms with E-state index in [1.54, 1.807) is 0 Å². The average molecular weight is 278 g/mol. The summed E-state index contributed by atoms with van der Waals surface area (Å²) < 4.78 is 5.13. The van der Waals surface area contributed by atoms with E-state index in [4.69, 9.17) is 4.74 Å². The summed E-state index contributed by atoms with van der Waals surface area (Å²) in [6.45, 7) is 3.31. The van der Waals surface area contributed by atoms with Crippen molar-refractivity contribution in [1.82, 2.24) is 0 Å². The molecule has 4 aliphatic rings. The summed E-state index contributed by atoms with van der Waals surface area (Å²) >= 11 is 0. The van der Waals surface area contributed by atoms with Crippen molar-refractivity contribution in [1.29, 1.82) is 0 Å². The molecule has 4 saturated carbocycles. The van der Waals surface area contributed by atoms with E-state index in [1.165, 1.54) is 26.2 Å². The van der Waals surface area contributed by atoms with E-state index in [0.29, 0.717) is 18.6 Å². The van der Waals surface area contributed by atoms with Gasteiger partial charge in [-0.05, 0) is 69.6 Å². The van der Waals surface area contributed by atoms with Gasteiger partial charge in [-0.25, -0.2) is 0 Å². The van der Waals surface area contributed by atoms with Crippen LogP contribution in [0.2, 0.25) is 0 Å². The van der Waals surface area contributed by atoms with Gasteiger partial charge in [-0.3, -0.25) is 9.59 Å². The molecule has 3 heteroatoms. The predicted octanol–water partition coefficient (Wildman–Crippen LogP) is 3.50. The molecule has 0 N–H and O–H groups in total. The monoisotopic (exact) mass is 278 g/mol. The molecule has 1 atom stereocenters. The van der Waals surface area contributed by atoms with Gasteiger partial charge in [0.2, 0.25) is 0 Å². The van der Waals surface area contributed by atoms with Gasteiger partial charge in [-0.2, -0.15) is 0 Å². The molecule has 0 aliphatic heterocycles. The third-order valence-corrected chi connectivity index (χ3v) is 5.77. The predicted molar refractivity (Wildman–Crippen MR) is 76.1 cm³/mol. The van der Waals surface area contributed by atoms with Gasteiger partial charge in [0, 0.05) is 18.8 Å². The van der Waals surface area contributed by atoms with Gasteiger partial charge >= 0.3 is 5.97 Å². The van der Waals surface area contributed by atoms with Crippen LogP contribution >= 0.6 is 0 Å². The molecule has 0 aromatic rings. The summed E-state index contributed by atoms with van der Waals surface area (Å²) in [6.07, 6.45) is 8.66. The Morgan fingerprint density at radius 3 is 2.05 bits per heavy atom. The Kier molecular flexibility index (Phi) is 3.64. The molecule has 4 rings (SSSR count). The van der Waals surface area contributed by atoms with E-state index in [2.05, 4.69) is 0 Å². The highest BCUT2D eigenvalue weighted by Crippen LogP contribution is 2.60. The summed E-state index contributed by atoms with van der Waals surface area (Å²) in [4.78, 5) is 23.7. The Balaban J connectivity index is 1.58. The summed E-state index contributed by atoms with van der Waals surface area (Å²) in [5.74, 6) is 2.65. The van der Waals surface area contributed by atoms with Crippen molar-refractivity contribution >= 4 is 11.8 Å². The molecule has 4 bridgehead atoms. The number of hydrogen-bond acceptors (Lipinski definition) is 3. The molecule has 0 amide bonds. The Morgan fingerprint density at radius 1 is 1.10 bits per heavy atom. The zero-order chi connectivity index (χ0) is 14.3. The van der Waals surface area contributed by atoms with E-state index in [0.717, 1.165) is 37.0 Å². The van der Waals surface area contributed by atoms with Gasteiger partial charge in [-0.1, -0.05) is 0 Å². The number of ether oxygens (including phenoxy) is 1. The first-order chi connectivity index (χ1) is 9.47. The maximum absolute atomic E-state index is 12.7. The maximum atomic E-state index is 12.7. The number of carbonyl (C=O) groups excluding carboxylic acids is 2. The summed E-state index contributed by atoms with van der Waals surface area (Å²) in [6, 6.07) is 0. The highest BCUT2D eigenvalue weighted by molar-refractivity contribution is 5.85. The quantitative estimate of drug-likeness (QED) is 0.723. The SMILES string of the molecule is CC(=O)OC(C)CCC(=O)C12CC3CC(CC(C3)C1)C2. The minimum absolute atomic E-state index is 0.00466. The summed E-state index contributed by atoms with van der Waals surface area (Å²) in [7, 11) is 0. The standard InChI is InChI=1S/C17H26O3/c1-11(20-12(2)18)3-4-16(19)17-8-13-5-14(9-17)7-15(6-13)10-17/h11,13-15H,3-10H2,1-2H3. The van der Waals surface area contributed by atoms with Crippen LogP contribution in [0.1, 0.15) is 65.2 Å². The largest absolute Gasteiger partial charge is 0.463 e. The van der Waals surface area contributed by atoms with Crippen LogP contribution in [-0.2, 0) is 14.3 Å². The molecule has 1 unspecified atom stereocenters. The highest BCUT2D eigenvalue weighted by Gasteiger charge is 2.53.